The second-order valence-corrected chi connectivity index (χ2v) is 4.20. The van der Waals surface area contributed by atoms with E-state index in [2.05, 4.69) is 30.3 Å². The highest BCUT2D eigenvalue weighted by atomic mass is 14.9. The van der Waals surface area contributed by atoms with Crippen molar-refractivity contribution in [1.82, 2.24) is 10.3 Å². The molecule has 0 amide bonds. The van der Waals surface area contributed by atoms with E-state index in [-0.39, 0.29) is 0 Å². The van der Waals surface area contributed by atoms with Crippen LogP contribution in [0.5, 0.6) is 0 Å². The highest BCUT2D eigenvalue weighted by molar-refractivity contribution is 5.33. The van der Waals surface area contributed by atoms with E-state index in [1.165, 1.54) is 42.6 Å². The third-order valence-electron chi connectivity index (χ3n) is 3.28. The second kappa shape index (κ2) is 4.18. The summed E-state index contributed by atoms with van der Waals surface area (Å²) in [6.07, 6.45) is 7.33. The minimum atomic E-state index is 0.601. The molecule has 0 saturated carbocycles. The van der Waals surface area contributed by atoms with Gasteiger partial charge in [-0.05, 0) is 43.9 Å². The smallest absolute Gasteiger partial charge is 0.0338 e. The first-order valence-electron chi connectivity index (χ1n) is 5.73. The molecule has 2 rings (SSSR count). The molecule has 1 aromatic heterocycles. The third kappa shape index (κ3) is 1.71. The van der Waals surface area contributed by atoms with Crippen LogP contribution in [0.3, 0.4) is 0 Å². The Morgan fingerprint density at radius 2 is 2.29 bits per heavy atom. The number of aromatic amines is 1. The summed E-state index contributed by atoms with van der Waals surface area (Å²) in [7, 11) is 0. The minimum Gasteiger partial charge on any atom is -0.365 e. The number of rotatable bonds is 2. The third-order valence-corrected chi connectivity index (χ3v) is 3.28. The molecule has 1 aliphatic heterocycles. The molecule has 1 fully saturated rings. The topological polar surface area (TPSA) is 27.8 Å². The maximum Gasteiger partial charge on any atom is 0.0338 e. The first kappa shape index (κ1) is 9.78. The van der Waals surface area contributed by atoms with Crippen LogP contribution in [0.2, 0.25) is 0 Å². The van der Waals surface area contributed by atoms with E-state index >= 15 is 0 Å². The SMILES string of the molecule is CCc1c(C2CCCCN2)c[nH]c1C. The van der Waals surface area contributed by atoms with Gasteiger partial charge in [0.05, 0.1) is 0 Å². The average Bonchev–Trinajstić information content (AvgIpc) is 2.61. The van der Waals surface area contributed by atoms with E-state index in [0.29, 0.717) is 6.04 Å². The van der Waals surface area contributed by atoms with E-state index < -0.39 is 0 Å². The Bertz CT molecular complexity index is 295. The van der Waals surface area contributed by atoms with Crippen LogP contribution in [-0.4, -0.2) is 11.5 Å². The van der Waals surface area contributed by atoms with Gasteiger partial charge in [-0.2, -0.15) is 0 Å². The van der Waals surface area contributed by atoms with Crippen LogP contribution in [0.4, 0.5) is 0 Å². The fourth-order valence-electron chi connectivity index (χ4n) is 2.47. The van der Waals surface area contributed by atoms with Gasteiger partial charge in [-0.15, -0.1) is 0 Å². The summed E-state index contributed by atoms with van der Waals surface area (Å²) in [5.74, 6) is 0. The Labute approximate surface area is 86.1 Å². The molecule has 0 bridgehead atoms. The molecule has 0 spiro atoms. The van der Waals surface area contributed by atoms with Gasteiger partial charge in [-0.3, -0.25) is 0 Å². The lowest BCUT2D eigenvalue weighted by Gasteiger charge is -2.24. The highest BCUT2D eigenvalue weighted by Gasteiger charge is 2.18. The summed E-state index contributed by atoms with van der Waals surface area (Å²) < 4.78 is 0. The summed E-state index contributed by atoms with van der Waals surface area (Å²) >= 11 is 0. The van der Waals surface area contributed by atoms with Crippen LogP contribution in [0.15, 0.2) is 6.20 Å². The number of H-pyrrole nitrogens is 1. The number of piperidine rings is 1. The Morgan fingerprint density at radius 1 is 1.43 bits per heavy atom. The average molecular weight is 192 g/mol. The van der Waals surface area contributed by atoms with E-state index in [0.717, 1.165) is 6.42 Å². The van der Waals surface area contributed by atoms with E-state index in [9.17, 15) is 0 Å². The van der Waals surface area contributed by atoms with Gasteiger partial charge in [0.2, 0.25) is 0 Å². The summed E-state index contributed by atoms with van der Waals surface area (Å²) in [6, 6.07) is 0.601. The highest BCUT2D eigenvalue weighted by Crippen LogP contribution is 2.27. The van der Waals surface area contributed by atoms with Gasteiger partial charge in [0.1, 0.15) is 0 Å². The van der Waals surface area contributed by atoms with Crippen molar-refractivity contribution in [1.29, 1.82) is 0 Å². The molecular formula is C12H20N2. The Hall–Kier alpha value is -0.760. The molecular weight excluding hydrogens is 172 g/mol. The molecule has 1 aliphatic rings. The molecule has 78 valence electrons. The quantitative estimate of drug-likeness (QED) is 0.741. The monoisotopic (exact) mass is 192 g/mol. The first-order valence-corrected chi connectivity index (χ1v) is 5.73. The molecule has 1 saturated heterocycles. The Balaban J connectivity index is 2.21. The Morgan fingerprint density at radius 3 is 2.93 bits per heavy atom. The molecule has 0 radical (unpaired) electrons. The summed E-state index contributed by atoms with van der Waals surface area (Å²) in [6.45, 7) is 5.59. The van der Waals surface area contributed by atoms with Crippen molar-refractivity contribution in [3.8, 4) is 0 Å². The van der Waals surface area contributed by atoms with Crippen LogP contribution in [-0.2, 0) is 6.42 Å². The summed E-state index contributed by atoms with van der Waals surface area (Å²) in [4.78, 5) is 3.35. The molecule has 1 atom stereocenters. The number of nitrogens with one attached hydrogen (secondary N) is 2. The van der Waals surface area contributed by atoms with E-state index in [1.54, 1.807) is 0 Å². The zero-order valence-corrected chi connectivity index (χ0v) is 9.19. The summed E-state index contributed by atoms with van der Waals surface area (Å²) in [5.41, 5.74) is 4.36. The van der Waals surface area contributed by atoms with Gasteiger partial charge in [0.15, 0.2) is 0 Å². The van der Waals surface area contributed by atoms with Gasteiger partial charge >= 0.3 is 0 Å². The van der Waals surface area contributed by atoms with Gasteiger partial charge in [0, 0.05) is 17.9 Å². The molecule has 1 aromatic rings. The Kier molecular flexibility index (Phi) is 2.92. The number of aromatic nitrogens is 1. The second-order valence-electron chi connectivity index (χ2n) is 4.20. The van der Waals surface area contributed by atoms with Gasteiger partial charge in [-0.1, -0.05) is 13.3 Å². The lowest BCUT2D eigenvalue weighted by molar-refractivity contribution is 0.411. The van der Waals surface area contributed by atoms with Crippen molar-refractivity contribution in [3.05, 3.63) is 23.0 Å². The lowest BCUT2D eigenvalue weighted by Crippen LogP contribution is -2.27. The van der Waals surface area contributed by atoms with Crippen molar-refractivity contribution in [2.45, 2.75) is 45.6 Å². The standard InChI is InChI=1S/C12H20N2/c1-3-10-9(2)14-8-11(10)12-6-4-5-7-13-12/h8,12-14H,3-7H2,1-2H3. The van der Waals surface area contributed by atoms with Crippen molar-refractivity contribution in [3.63, 3.8) is 0 Å². The maximum atomic E-state index is 3.60. The molecule has 1 unspecified atom stereocenters. The summed E-state index contributed by atoms with van der Waals surface area (Å²) in [5, 5.41) is 3.60. The van der Waals surface area contributed by atoms with Gasteiger partial charge in [-0.25, -0.2) is 0 Å². The fourth-order valence-corrected chi connectivity index (χ4v) is 2.47. The normalized spacial score (nSPS) is 22.6. The molecule has 0 aromatic carbocycles. The number of hydrogen-bond donors (Lipinski definition) is 2. The lowest BCUT2D eigenvalue weighted by atomic mass is 9.95. The van der Waals surface area contributed by atoms with Gasteiger partial charge < -0.3 is 10.3 Å². The molecule has 0 aliphatic carbocycles. The zero-order chi connectivity index (χ0) is 9.97. The van der Waals surface area contributed by atoms with Crippen LogP contribution >= 0.6 is 0 Å². The van der Waals surface area contributed by atoms with Crippen LogP contribution in [0.25, 0.3) is 0 Å². The van der Waals surface area contributed by atoms with Crippen LogP contribution < -0.4 is 5.32 Å². The van der Waals surface area contributed by atoms with Crippen molar-refractivity contribution in [2.75, 3.05) is 6.54 Å². The molecule has 14 heavy (non-hydrogen) atoms. The largest absolute Gasteiger partial charge is 0.365 e. The number of aryl methyl sites for hydroxylation is 1. The minimum absolute atomic E-state index is 0.601. The molecule has 2 heteroatoms. The van der Waals surface area contributed by atoms with E-state index in [4.69, 9.17) is 0 Å². The molecule has 2 heterocycles. The molecule has 2 N–H and O–H groups in total. The maximum absolute atomic E-state index is 3.60. The number of hydrogen-bond acceptors (Lipinski definition) is 1. The predicted octanol–water partition coefficient (Wildman–Crippen LogP) is 2.70. The molecule has 2 nitrogen and oxygen atoms in total. The van der Waals surface area contributed by atoms with Crippen molar-refractivity contribution in [2.24, 2.45) is 0 Å². The van der Waals surface area contributed by atoms with Crippen molar-refractivity contribution < 1.29 is 0 Å². The first-order chi connectivity index (χ1) is 6.83. The predicted molar refractivity (Wildman–Crippen MR) is 59.5 cm³/mol. The zero-order valence-electron chi connectivity index (χ0n) is 9.19. The fraction of sp³-hybridized carbons (Fsp3) is 0.667. The van der Waals surface area contributed by atoms with Crippen molar-refractivity contribution >= 4 is 0 Å². The van der Waals surface area contributed by atoms with Crippen LogP contribution in [0, 0.1) is 6.92 Å². The van der Waals surface area contributed by atoms with E-state index in [1.807, 2.05) is 0 Å². The van der Waals surface area contributed by atoms with Crippen LogP contribution in [0.1, 0.15) is 49.0 Å². The van der Waals surface area contributed by atoms with Gasteiger partial charge in [0.25, 0.3) is 0 Å².